The third-order valence-electron chi connectivity index (χ3n) is 8.81. The molecule has 1 aromatic heterocycles. The number of fused-ring (bicyclic) bond motifs is 2. The van der Waals surface area contributed by atoms with Crippen LogP contribution in [0.25, 0.3) is 22.0 Å². The van der Waals surface area contributed by atoms with Crippen LogP contribution >= 0.6 is 24.1 Å². The third kappa shape index (κ3) is 6.71. The number of carboxylic acid groups (broad SMARTS) is 1. The van der Waals surface area contributed by atoms with E-state index in [4.69, 9.17) is 10.5 Å². The number of hydrogen-bond acceptors (Lipinski definition) is 15. The molecule has 4 N–H and O–H groups in total. The number of ketones is 2. The van der Waals surface area contributed by atoms with Crippen LogP contribution in [0.3, 0.4) is 0 Å². The first-order valence-electron chi connectivity index (χ1n) is 15.7. The second-order valence-electron chi connectivity index (χ2n) is 11.8. The summed E-state index contributed by atoms with van der Waals surface area (Å²) >= 11 is 1.05. The second kappa shape index (κ2) is 15.2. The van der Waals surface area contributed by atoms with Crippen LogP contribution in [0, 0.1) is 0 Å². The Bertz CT molecular complexity index is 2750. The molecule has 5 aromatic carbocycles. The number of anilines is 2. The van der Waals surface area contributed by atoms with Crippen LogP contribution in [-0.4, -0.2) is 46.1 Å². The Morgan fingerprint density at radius 2 is 1.45 bits per heavy atom. The minimum Gasteiger partial charge on any atom is -0.478 e. The molecule has 7 rings (SSSR count). The summed E-state index contributed by atoms with van der Waals surface area (Å²) < 4.78 is 37.8. The van der Waals surface area contributed by atoms with Crippen molar-refractivity contribution in [3.05, 3.63) is 141 Å². The summed E-state index contributed by atoms with van der Waals surface area (Å²) in [5.41, 5.74) is 0.398. The van der Waals surface area contributed by atoms with E-state index in [1.54, 1.807) is 48.5 Å². The third-order valence-corrected chi connectivity index (χ3v) is 11.8. The van der Waals surface area contributed by atoms with Crippen molar-refractivity contribution >= 4 is 73.7 Å². The molecule has 0 saturated heterocycles. The standard InChI is InChI=1S/C37H24N2O13S3/c1-39-27-16-15-26(38-25-14-13-21(18-28(25)54-52-50-46)55(47,48)29-12-5-4-11-24(29)37(43)44)31-32(27)30(22-9-2-3-10-23(22)35(31)41)33(36(39)42)34(40)19-7-6-8-20(17-19)53-51-49-45/h2-18,38,45-46H,1H3,(H,43,44). The molecule has 0 radical (unpaired) electrons. The molecule has 1 aliphatic carbocycles. The van der Waals surface area contributed by atoms with Crippen LogP contribution in [0.15, 0.2) is 128 Å². The summed E-state index contributed by atoms with van der Waals surface area (Å²) in [6.45, 7) is 0. The quantitative estimate of drug-likeness (QED) is 0.0395. The highest BCUT2D eigenvalue weighted by Gasteiger charge is 2.34. The highest BCUT2D eigenvalue weighted by Crippen LogP contribution is 2.45. The van der Waals surface area contributed by atoms with Gasteiger partial charge in [-0.2, -0.15) is 0 Å². The molecule has 0 atom stereocenters. The van der Waals surface area contributed by atoms with Gasteiger partial charge in [-0.15, -0.1) is 8.67 Å². The van der Waals surface area contributed by atoms with E-state index in [1.807, 2.05) is 0 Å². The van der Waals surface area contributed by atoms with Crippen molar-refractivity contribution in [3.8, 4) is 11.1 Å². The van der Waals surface area contributed by atoms with Gasteiger partial charge >= 0.3 is 5.97 Å². The average molecular weight is 801 g/mol. The molecule has 1 heterocycles. The Hall–Kier alpha value is -5.67. The predicted octanol–water partition coefficient (Wildman–Crippen LogP) is 7.11. The summed E-state index contributed by atoms with van der Waals surface area (Å²) in [7, 11) is -2.94. The molecule has 6 aromatic rings. The van der Waals surface area contributed by atoms with Gasteiger partial charge < -0.3 is 15.0 Å². The number of nitrogens with zero attached hydrogens (tertiary/aromatic N) is 1. The molecule has 0 bridgehead atoms. The molecule has 0 fully saturated rings. The molecule has 278 valence electrons. The van der Waals surface area contributed by atoms with Crippen molar-refractivity contribution in [2.75, 3.05) is 5.32 Å². The Labute approximate surface area is 318 Å². The Kier molecular flexibility index (Phi) is 10.4. The zero-order valence-corrected chi connectivity index (χ0v) is 30.4. The highest BCUT2D eigenvalue weighted by atomic mass is 32.2. The number of carboxylic acids is 1. The topological polar surface area (TPSA) is 217 Å². The zero-order chi connectivity index (χ0) is 39.0. The van der Waals surface area contributed by atoms with Gasteiger partial charge in [-0.05, 0) is 60.2 Å². The van der Waals surface area contributed by atoms with Gasteiger partial charge in [0.25, 0.3) is 5.56 Å². The summed E-state index contributed by atoms with van der Waals surface area (Å²) in [6.07, 6.45) is 0. The van der Waals surface area contributed by atoms with E-state index in [0.717, 1.165) is 12.1 Å². The maximum absolute atomic E-state index is 14.4. The fourth-order valence-electron chi connectivity index (χ4n) is 6.42. The number of pyridine rings is 1. The second-order valence-corrected chi connectivity index (χ2v) is 15.2. The molecular formula is C37H24N2O13S3. The molecule has 0 unspecified atom stereocenters. The Balaban J connectivity index is 1.42. The van der Waals surface area contributed by atoms with Crippen molar-refractivity contribution < 1.29 is 57.2 Å². The monoisotopic (exact) mass is 800 g/mol. The number of rotatable bonds is 13. The fraction of sp³-hybridized carbons (Fsp3) is 0.0270. The number of sulfone groups is 1. The van der Waals surface area contributed by atoms with E-state index in [-0.39, 0.29) is 54.4 Å². The number of benzene rings is 5. The van der Waals surface area contributed by atoms with Crippen LogP contribution in [0.1, 0.15) is 42.2 Å². The molecule has 0 spiro atoms. The van der Waals surface area contributed by atoms with Gasteiger partial charge in [-0.3, -0.25) is 14.4 Å². The van der Waals surface area contributed by atoms with Gasteiger partial charge in [0.05, 0.1) is 72.4 Å². The summed E-state index contributed by atoms with van der Waals surface area (Å²) in [6, 6.07) is 24.6. The largest absolute Gasteiger partial charge is 0.478 e. The van der Waals surface area contributed by atoms with Crippen molar-refractivity contribution in [3.63, 3.8) is 0 Å². The average Bonchev–Trinajstić information content (AvgIpc) is 3.20. The first-order chi connectivity index (χ1) is 26.5. The first-order valence-corrected chi connectivity index (χ1v) is 18.7. The number of aromatic nitrogens is 1. The highest BCUT2D eigenvalue weighted by molar-refractivity contribution is 7.95. The Morgan fingerprint density at radius 3 is 2.20 bits per heavy atom. The minimum absolute atomic E-state index is 0.0313. The Morgan fingerprint density at radius 1 is 0.764 bits per heavy atom. The summed E-state index contributed by atoms with van der Waals surface area (Å²) in [4.78, 5) is 54.3. The lowest BCUT2D eigenvalue weighted by molar-refractivity contribution is -0.432. The van der Waals surface area contributed by atoms with E-state index >= 15 is 0 Å². The lowest BCUT2D eigenvalue weighted by Crippen LogP contribution is -2.29. The van der Waals surface area contributed by atoms with E-state index < -0.39 is 43.4 Å². The lowest BCUT2D eigenvalue weighted by Gasteiger charge is -2.26. The van der Waals surface area contributed by atoms with Crippen LogP contribution in [-0.2, 0) is 35.6 Å². The summed E-state index contributed by atoms with van der Waals surface area (Å²) in [5.74, 6) is -2.54. The molecule has 1 aliphatic rings. The zero-order valence-electron chi connectivity index (χ0n) is 27.9. The molecule has 18 heteroatoms. The summed E-state index contributed by atoms with van der Waals surface area (Å²) in [5, 5.41) is 38.1. The molecule has 0 saturated carbocycles. The molecule has 0 aliphatic heterocycles. The first kappa shape index (κ1) is 37.6. The van der Waals surface area contributed by atoms with Crippen LogP contribution in [0.4, 0.5) is 11.4 Å². The number of aryl methyl sites for hydroxylation is 1. The fourth-order valence-corrected chi connectivity index (χ4v) is 8.88. The molecule has 15 nitrogen and oxygen atoms in total. The van der Waals surface area contributed by atoms with Crippen molar-refractivity contribution in [1.82, 2.24) is 4.57 Å². The van der Waals surface area contributed by atoms with E-state index in [0.29, 0.717) is 40.1 Å². The number of nitrogens with one attached hydrogen (secondary N) is 1. The van der Waals surface area contributed by atoms with Crippen molar-refractivity contribution in [2.24, 2.45) is 7.05 Å². The number of carbonyl (C=O) groups is 3. The molecule has 0 amide bonds. The predicted molar refractivity (Wildman–Crippen MR) is 198 cm³/mol. The lowest BCUT2D eigenvalue weighted by atomic mass is 9.80. The molecular weight excluding hydrogens is 777 g/mol. The van der Waals surface area contributed by atoms with Gasteiger partial charge in [-0.25, -0.2) is 23.7 Å². The SMILES string of the molecule is Cn1c(=O)c(C(=O)c2cccc(SOOO)c2)c2c3c(c(Nc4ccc(S(=O)(=O)c5ccccc5C(=O)O)cc4SOOO)ccc31)C(=O)c1ccccc1-2. The van der Waals surface area contributed by atoms with Gasteiger partial charge in [-0.1, -0.05) is 58.6 Å². The van der Waals surface area contributed by atoms with Crippen molar-refractivity contribution in [1.29, 1.82) is 0 Å². The van der Waals surface area contributed by atoms with E-state index in [2.05, 4.69) is 24.1 Å². The van der Waals surface area contributed by atoms with Gasteiger partial charge in [0.15, 0.2) is 11.6 Å². The molecule has 55 heavy (non-hydrogen) atoms. The maximum Gasteiger partial charge on any atom is 0.337 e. The minimum atomic E-state index is -4.41. The van der Waals surface area contributed by atoms with Gasteiger partial charge in [0.1, 0.15) is 0 Å². The maximum atomic E-state index is 14.4. The van der Waals surface area contributed by atoms with E-state index in [9.17, 15) is 32.7 Å². The van der Waals surface area contributed by atoms with Crippen LogP contribution in [0.5, 0.6) is 0 Å². The number of aromatic carboxylic acids is 1. The number of carbonyl (C=O) groups excluding carboxylic acids is 2. The number of hydrogen-bond donors (Lipinski definition) is 4. The normalized spacial score (nSPS) is 12.1. The smallest absolute Gasteiger partial charge is 0.337 e. The van der Waals surface area contributed by atoms with Crippen LogP contribution < -0.4 is 10.9 Å². The van der Waals surface area contributed by atoms with E-state index in [1.165, 1.54) is 54.1 Å². The van der Waals surface area contributed by atoms with Crippen molar-refractivity contribution in [2.45, 2.75) is 19.6 Å². The van der Waals surface area contributed by atoms with Crippen LogP contribution in [0.2, 0.25) is 0 Å². The van der Waals surface area contributed by atoms with Gasteiger partial charge in [0.2, 0.25) is 9.84 Å². The van der Waals surface area contributed by atoms with Gasteiger partial charge in [0, 0.05) is 34.0 Å².